The molecule has 2 N–H and O–H groups in total. The highest BCUT2D eigenvalue weighted by Gasteiger charge is 2.27. The van der Waals surface area contributed by atoms with Gasteiger partial charge in [-0.25, -0.2) is 0 Å². The van der Waals surface area contributed by atoms with Crippen molar-refractivity contribution in [2.45, 2.75) is 25.6 Å². The lowest BCUT2D eigenvalue weighted by Crippen LogP contribution is -2.36. The second kappa shape index (κ2) is 5.02. The largest absolute Gasteiger partial charge is 0.401 e. The number of halogens is 3. The summed E-state index contributed by atoms with van der Waals surface area (Å²) >= 11 is 0. The Morgan fingerprint density at radius 1 is 1.28 bits per heavy atom. The molecule has 1 unspecified atom stereocenters. The van der Waals surface area contributed by atoms with Crippen LogP contribution in [0.5, 0.6) is 0 Å². The number of aromatic nitrogens is 1. The second-order valence-electron chi connectivity index (χ2n) is 4.46. The van der Waals surface area contributed by atoms with Crippen molar-refractivity contribution >= 4 is 10.9 Å². The Hall–Kier alpha value is -1.49. The first-order valence-corrected chi connectivity index (χ1v) is 5.81. The van der Waals surface area contributed by atoms with Gasteiger partial charge in [-0.1, -0.05) is 18.2 Å². The van der Waals surface area contributed by atoms with E-state index in [4.69, 9.17) is 0 Å². The number of fused-ring (bicyclic) bond motifs is 1. The van der Waals surface area contributed by atoms with Gasteiger partial charge in [0, 0.05) is 23.1 Å². The Morgan fingerprint density at radius 3 is 2.72 bits per heavy atom. The molecule has 0 amide bonds. The molecule has 0 radical (unpaired) electrons. The Bertz CT molecular complexity index is 516. The number of alkyl halides is 3. The summed E-state index contributed by atoms with van der Waals surface area (Å²) in [6, 6.07) is 7.55. The van der Waals surface area contributed by atoms with Gasteiger partial charge in [0.15, 0.2) is 0 Å². The average molecular weight is 256 g/mol. The van der Waals surface area contributed by atoms with Crippen molar-refractivity contribution in [3.8, 4) is 0 Å². The lowest BCUT2D eigenvalue weighted by Gasteiger charge is -2.15. The molecule has 98 valence electrons. The van der Waals surface area contributed by atoms with Crippen molar-refractivity contribution in [2.75, 3.05) is 6.54 Å². The van der Waals surface area contributed by atoms with Crippen molar-refractivity contribution in [3.05, 3.63) is 36.0 Å². The molecule has 0 spiro atoms. The third-order valence-electron chi connectivity index (χ3n) is 2.85. The minimum atomic E-state index is -4.16. The first-order valence-electron chi connectivity index (χ1n) is 5.81. The molecule has 5 heteroatoms. The summed E-state index contributed by atoms with van der Waals surface area (Å²) in [5.41, 5.74) is 2.04. The highest BCUT2D eigenvalue weighted by Crippen LogP contribution is 2.19. The lowest BCUT2D eigenvalue weighted by molar-refractivity contribution is -0.126. The van der Waals surface area contributed by atoms with Crippen LogP contribution in [0.2, 0.25) is 0 Å². The predicted octanol–water partition coefficient (Wildman–Crippen LogP) is 3.25. The quantitative estimate of drug-likeness (QED) is 0.863. The SMILES string of the molecule is CC(Cc1c[nH]c2ccccc12)NCC(F)(F)F. The van der Waals surface area contributed by atoms with E-state index in [-0.39, 0.29) is 6.04 Å². The van der Waals surface area contributed by atoms with E-state index in [1.165, 1.54) is 0 Å². The molecule has 0 saturated heterocycles. The zero-order chi connectivity index (χ0) is 13.2. The molecule has 0 fully saturated rings. The molecule has 2 rings (SSSR count). The molecule has 2 aromatic rings. The molecule has 1 heterocycles. The average Bonchev–Trinajstić information content (AvgIpc) is 2.70. The van der Waals surface area contributed by atoms with E-state index in [0.29, 0.717) is 6.42 Å². The van der Waals surface area contributed by atoms with Crippen molar-refractivity contribution in [1.82, 2.24) is 10.3 Å². The number of hydrogen-bond acceptors (Lipinski definition) is 1. The lowest BCUT2D eigenvalue weighted by atomic mass is 10.1. The van der Waals surface area contributed by atoms with Crippen LogP contribution in [0.15, 0.2) is 30.5 Å². The van der Waals surface area contributed by atoms with Crippen LogP contribution < -0.4 is 5.32 Å². The third kappa shape index (κ3) is 3.26. The maximum absolute atomic E-state index is 12.1. The van der Waals surface area contributed by atoms with E-state index in [1.807, 2.05) is 30.5 Å². The summed E-state index contributed by atoms with van der Waals surface area (Å²) in [4.78, 5) is 3.12. The van der Waals surface area contributed by atoms with Crippen molar-refractivity contribution < 1.29 is 13.2 Å². The molecular weight excluding hydrogens is 241 g/mol. The summed E-state index contributed by atoms with van der Waals surface area (Å²) in [6.07, 6.45) is -1.73. The summed E-state index contributed by atoms with van der Waals surface area (Å²) < 4.78 is 36.2. The van der Waals surface area contributed by atoms with Gasteiger partial charge in [0.05, 0.1) is 6.54 Å². The molecule has 0 aliphatic rings. The third-order valence-corrected chi connectivity index (χ3v) is 2.85. The van der Waals surface area contributed by atoms with Crippen LogP contribution in [0.4, 0.5) is 13.2 Å². The molecule has 0 saturated carbocycles. The Labute approximate surface area is 103 Å². The van der Waals surface area contributed by atoms with Gasteiger partial charge in [-0.3, -0.25) is 0 Å². The smallest absolute Gasteiger partial charge is 0.361 e. The molecule has 2 nitrogen and oxygen atoms in total. The molecule has 0 aliphatic carbocycles. The number of rotatable bonds is 4. The molecule has 18 heavy (non-hydrogen) atoms. The van der Waals surface area contributed by atoms with Crippen LogP contribution in [0.25, 0.3) is 10.9 Å². The number of aromatic amines is 1. The molecule has 1 atom stereocenters. The van der Waals surface area contributed by atoms with Crippen LogP contribution in [-0.2, 0) is 6.42 Å². The van der Waals surface area contributed by atoms with E-state index < -0.39 is 12.7 Å². The van der Waals surface area contributed by atoms with Crippen molar-refractivity contribution in [2.24, 2.45) is 0 Å². The fourth-order valence-corrected chi connectivity index (χ4v) is 1.99. The fraction of sp³-hybridized carbons (Fsp3) is 0.385. The molecule has 1 aromatic heterocycles. The monoisotopic (exact) mass is 256 g/mol. The van der Waals surface area contributed by atoms with Gasteiger partial charge in [-0.15, -0.1) is 0 Å². The summed E-state index contributed by atoms with van der Waals surface area (Å²) in [5.74, 6) is 0. The molecule has 0 aliphatic heterocycles. The number of nitrogens with one attached hydrogen (secondary N) is 2. The Kier molecular flexibility index (Phi) is 3.61. The van der Waals surface area contributed by atoms with Crippen LogP contribution in [-0.4, -0.2) is 23.7 Å². The van der Waals surface area contributed by atoms with Crippen LogP contribution in [0.1, 0.15) is 12.5 Å². The summed E-state index contributed by atoms with van der Waals surface area (Å²) in [5, 5.41) is 3.55. The molecule has 0 bridgehead atoms. The predicted molar refractivity (Wildman–Crippen MR) is 65.5 cm³/mol. The second-order valence-corrected chi connectivity index (χ2v) is 4.46. The van der Waals surface area contributed by atoms with E-state index in [1.54, 1.807) is 6.92 Å². The molecule has 1 aromatic carbocycles. The Balaban J connectivity index is 2.01. The summed E-state index contributed by atoms with van der Waals surface area (Å²) in [7, 11) is 0. The minimum Gasteiger partial charge on any atom is -0.361 e. The van der Waals surface area contributed by atoms with E-state index in [0.717, 1.165) is 16.5 Å². The normalized spacial score (nSPS) is 14.0. The zero-order valence-electron chi connectivity index (χ0n) is 10.0. The standard InChI is InChI=1S/C13H15F3N2/c1-9(18-8-13(14,15)16)6-10-7-17-12-5-3-2-4-11(10)12/h2-5,7,9,17-18H,6,8H2,1H3. The van der Waals surface area contributed by atoms with Crippen LogP contribution in [0, 0.1) is 0 Å². The summed E-state index contributed by atoms with van der Waals surface area (Å²) in [6.45, 7) is 0.810. The van der Waals surface area contributed by atoms with Crippen molar-refractivity contribution in [3.63, 3.8) is 0 Å². The van der Waals surface area contributed by atoms with Gasteiger partial charge < -0.3 is 10.3 Å². The maximum Gasteiger partial charge on any atom is 0.401 e. The molecular formula is C13H15F3N2. The van der Waals surface area contributed by atoms with Gasteiger partial charge >= 0.3 is 6.18 Å². The van der Waals surface area contributed by atoms with Crippen LogP contribution in [0.3, 0.4) is 0 Å². The topological polar surface area (TPSA) is 27.8 Å². The first kappa shape index (κ1) is 13.0. The number of benzene rings is 1. The van der Waals surface area contributed by atoms with Gasteiger partial charge in [0.25, 0.3) is 0 Å². The van der Waals surface area contributed by atoms with Gasteiger partial charge in [-0.05, 0) is 25.0 Å². The Morgan fingerprint density at radius 2 is 2.00 bits per heavy atom. The number of hydrogen-bond donors (Lipinski definition) is 2. The van der Waals surface area contributed by atoms with Crippen molar-refractivity contribution in [1.29, 1.82) is 0 Å². The number of para-hydroxylation sites is 1. The van der Waals surface area contributed by atoms with Gasteiger partial charge in [0.2, 0.25) is 0 Å². The van der Waals surface area contributed by atoms with E-state index in [2.05, 4.69) is 10.3 Å². The van der Waals surface area contributed by atoms with E-state index >= 15 is 0 Å². The van der Waals surface area contributed by atoms with Crippen LogP contribution >= 0.6 is 0 Å². The maximum atomic E-state index is 12.1. The van der Waals surface area contributed by atoms with E-state index in [9.17, 15) is 13.2 Å². The highest BCUT2D eigenvalue weighted by atomic mass is 19.4. The highest BCUT2D eigenvalue weighted by molar-refractivity contribution is 5.83. The van der Waals surface area contributed by atoms with Gasteiger partial charge in [0.1, 0.15) is 0 Å². The first-order chi connectivity index (χ1) is 8.46. The van der Waals surface area contributed by atoms with Gasteiger partial charge in [-0.2, -0.15) is 13.2 Å². The fourth-order valence-electron chi connectivity index (χ4n) is 1.99. The number of H-pyrrole nitrogens is 1. The minimum absolute atomic E-state index is 0.217. The zero-order valence-corrected chi connectivity index (χ0v) is 10.0.